The molecule has 21 heavy (non-hydrogen) atoms. The SMILES string of the molecule is CC1CC1CN1C(=O)C2(CC2)NC1c1ccc(F)c(F)c1. The first-order valence-electron chi connectivity index (χ1n) is 7.54. The Labute approximate surface area is 122 Å². The van der Waals surface area contributed by atoms with Crippen LogP contribution >= 0.6 is 0 Å². The van der Waals surface area contributed by atoms with Crippen LogP contribution in [-0.4, -0.2) is 22.9 Å². The quantitative estimate of drug-likeness (QED) is 0.928. The number of benzene rings is 1. The number of carbonyl (C=O) groups is 1. The largest absolute Gasteiger partial charge is 0.321 e. The number of hydrogen-bond acceptors (Lipinski definition) is 2. The van der Waals surface area contributed by atoms with E-state index in [-0.39, 0.29) is 12.1 Å². The molecule has 1 aromatic carbocycles. The van der Waals surface area contributed by atoms with Gasteiger partial charge in [-0.2, -0.15) is 0 Å². The van der Waals surface area contributed by atoms with Gasteiger partial charge in [-0.3, -0.25) is 10.1 Å². The summed E-state index contributed by atoms with van der Waals surface area (Å²) in [4.78, 5) is 14.4. The molecule has 3 fully saturated rings. The molecule has 3 nitrogen and oxygen atoms in total. The van der Waals surface area contributed by atoms with E-state index in [4.69, 9.17) is 0 Å². The highest BCUT2D eigenvalue weighted by Crippen LogP contribution is 2.48. The molecule has 4 rings (SSSR count). The molecular formula is C16H18F2N2O. The standard InChI is InChI=1S/C16H18F2N2O/c1-9-6-11(9)8-20-14(19-16(4-5-16)15(20)21)10-2-3-12(17)13(18)7-10/h2-3,7,9,11,14,19H,4-6,8H2,1H3. The number of nitrogens with one attached hydrogen (secondary N) is 1. The summed E-state index contributed by atoms with van der Waals surface area (Å²) in [6.45, 7) is 2.89. The van der Waals surface area contributed by atoms with E-state index in [9.17, 15) is 13.6 Å². The smallest absolute Gasteiger partial charge is 0.244 e. The Morgan fingerprint density at radius 1 is 1.33 bits per heavy atom. The highest BCUT2D eigenvalue weighted by molar-refractivity contribution is 5.92. The maximum Gasteiger partial charge on any atom is 0.244 e. The Kier molecular flexibility index (Phi) is 2.67. The third kappa shape index (κ3) is 2.06. The van der Waals surface area contributed by atoms with Crippen molar-refractivity contribution in [3.05, 3.63) is 35.4 Å². The van der Waals surface area contributed by atoms with E-state index in [0.717, 1.165) is 25.3 Å². The monoisotopic (exact) mass is 292 g/mol. The maximum absolute atomic E-state index is 13.5. The minimum atomic E-state index is -0.863. The predicted molar refractivity (Wildman–Crippen MR) is 73.2 cm³/mol. The van der Waals surface area contributed by atoms with Crippen molar-refractivity contribution < 1.29 is 13.6 Å². The second-order valence-electron chi connectivity index (χ2n) is 6.73. The lowest BCUT2D eigenvalue weighted by atomic mass is 10.1. The van der Waals surface area contributed by atoms with Crippen molar-refractivity contribution in [2.75, 3.05) is 6.54 Å². The molecule has 3 atom stereocenters. The fourth-order valence-electron chi connectivity index (χ4n) is 3.32. The predicted octanol–water partition coefficient (Wildman–Crippen LogP) is 2.58. The molecule has 1 aromatic rings. The van der Waals surface area contributed by atoms with Crippen LogP contribution in [-0.2, 0) is 4.79 Å². The second kappa shape index (κ2) is 4.26. The van der Waals surface area contributed by atoms with Gasteiger partial charge in [-0.25, -0.2) is 8.78 Å². The van der Waals surface area contributed by atoms with Gasteiger partial charge in [0.05, 0.1) is 0 Å². The first-order chi connectivity index (χ1) is 10.00. The number of carbonyl (C=O) groups excluding carboxylic acids is 1. The Balaban J connectivity index is 1.64. The molecule has 1 aliphatic heterocycles. The number of nitrogens with zero attached hydrogens (tertiary/aromatic N) is 1. The van der Waals surface area contributed by atoms with Crippen molar-refractivity contribution in [2.45, 2.75) is 37.9 Å². The van der Waals surface area contributed by atoms with E-state index in [1.165, 1.54) is 6.07 Å². The zero-order chi connectivity index (χ0) is 14.8. The van der Waals surface area contributed by atoms with Crippen LogP contribution in [0.3, 0.4) is 0 Å². The van der Waals surface area contributed by atoms with E-state index < -0.39 is 17.2 Å². The average molecular weight is 292 g/mol. The lowest BCUT2D eigenvalue weighted by molar-refractivity contribution is -0.131. The number of amides is 1. The summed E-state index contributed by atoms with van der Waals surface area (Å²) < 4.78 is 26.6. The van der Waals surface area contributed by atoms with Crippen LogP contribution in [0.1, 0.15) is 37.9 Å². The summed E-state index contributed by atoms with van der Waals surface area (Å²) in [5.74, 6) is -0.405. The minimum Gasteiger partial charge on any atom is -0.321 e. The van der Waals surface area contributed by atoms with Crippen molar-refractivity contribution in [2.24, 2.45) is 11.8 Å². The normalized spacial score (nSPS) is 32.8. The Morgan fingerprint density at radius 3 is 2.62 bits per heavy atom. The van der Waals surface area contributed by atoms with Gasteiger partial charge in [0, 0.05) is 6.54 Å². The molecule has 1 saturated heterocycles. The molecule has 2 saturated carbocycles. The minimum absolute atomic E-state index is 0.122. The van der Waals surface area contributed by atoms with Crippen molar-refractivity contribution >= 4 is 5.91 Å². The number of halogens is 2. The molecule has 3 unspecified atom stereocenters. The topological polar surface area (TPSA) is 32.3 Å². The van der Waals surface area contributed by atoms with Crippen LogP contribution in [0.4, 0.5) is 8.78 Å². The zero-order valence-corrected chi connectivity index (χ0v) is 11.9. The highest BCUT2D eigenvalue weighted by atomic mass is 19.2. The molecule has 1 N–H and O–H groups in total. The van der Waals surface area contributed by atoms with E-state index >= 15 is 0 Å². The summed E-state index contributed by atoms with van der Waals surface area (Å²) >= 11 is 0. The van der Waals surface area contributed by atoms with E-state index in [1.807, 2.05) is 4.90 Å². The fourth-order valence-corrected chi connectivity index (χ4v) is 3.32. The number of rotatable bonds is 3. The lowest BCUT2D eigenvalue weighted by Crippen LogP contribution is -2.33. The summed E-state index contributed by atoms with van der Waals surface area (Å²) in [5, 5.41) is 3.34. The molecule has 112 valence electrons. The third-order valence-electron chi connectivity index (χ3n) is 5.11. The van der Waals surface area contributed by atoms with Crippen LogP contribution in [0.15, 0.2) is 18.2 Å². The molecular weight excluding hydrogens is 274 g/mol. The van der Waals surface area contributed by atoms with Crippen molar-refractivity contribution in [1.82, 2.24) is 10.2 Å². The van der Waals surface area contributed by atoms with Gasteiger partial charge >= 0.3 is 0 Å². The Morgan fingerprint density at radius 2 is 2.05 bits per heavy atom. The summed E-state index contributed by atoms with van der Waals surface area (Å²) in [7, 11) is 0. The van der Waals surface area contributed by atoms with E-state index in [0.29, 0.717) is 23.9 Å². The number of hydrogen-bond donors (Lipinski definition) is 1. The average Bonchev–Trinajstić information content (AvgIpc) is 3.34. The maximum atomic E-state index is 13.5. The molecule has 1 spiro atoms. The van der Waals surface area contributed by atoms with Crippen LogP contribution in [0.25, 0.3) is 0 Å². The van der Waals surface area contributed by atoms with Gasteiger partial charge in [0.2, 0.25) is 5.91 Å². The van der Waals surface area contributed by atoms with Gasteiger partial charge in [0.25, 0.3) is 0 Å². The van der Waals surface area contributed by atoms with Crippen LogP contribution in [0.2, 0.25) is 0 Å². The van der Waals surface area contributed by atoms with Gasteiger partial charge in [-0.05, 0) is 48.8 Å². The van der Waals surface area contributed by atoms with Gasteiger partial charge in [-0.1, -0.05) is 13.0 Å². The molecule has 0 bridgehead atoms. The van der Waals surface area contributed by atoms with Crippen LogP contribution in [0.5, 0.6) is 0 Å². The van der Waals surface area contributed by atoms with Gasteiger partial charge in [-0.15, -0.1) is 0 Å². The Bertz CT molecular complexity index is 614. The first-order valence-corrected chi connectivity index (χ1v) is 7.54. The van der Waals surface area contributed by atoms with Crippen molar-refractivity contribution in [3.63, 3.8) is 0 Å². The van der Waals surface area contributed by atoms with Crippen molar-refractivity contribution in [3.8, 4) is 0 Å². The first kappa shape index (κ1) is 13.2. The van der Waals surface area contributed by atoms with Crippen molar-refractivity contribution in [1.29, 1.82) is 0 Å². The van der Waals surface area contributed by atoms with Gasteiger partial charge in [0.15, 0.2) is 11.6 Å². The van der Waals surface area contributed by atoms with Crippen LogP contribution in [0, 0.1) is 23.5 Å². The zero-order valence-electron chi connectivity index (χ0n) is 11.9. The van der Waals surface area contributed by atoms with E-state index in [2.05, 4.69) is 12.2 Å². The van der Waals surface area contributed by atoms with Gasteiger partial charge < -0.3 is 4.90 Å². The molecule has 1 amide bonds. The summed E-state index contributed by atoms with van der Waals surface area (Å²) in [6, 6.07) is 3.89. The molecule has 3 aliphatic rings. The van der Waals surface area contributed by atoms with Gasteiger partial charge in [0.1, 0.15) is 11.7 Å². The fraction of sp³-hybridized carbons (Fsp3) is 0.562. The molecule has 2 aliphatic carbocycles. The molecule has 0 aromatic heterocycles. The van der Waals surface area contributed by atoms with E-state index in [1.54, 1.807) is 6.07 Å². The van der Waals surface area contributed by atoms with Crippen LogP contribution < -0.4 is 5.32 Å². The Hall–Kier alpha value is -1.49. The molecule has 1 heterocycles. The lowest BCUT2D eigenvalue weighted by Gasteiger charge is -2.24. The summed E-state index contributed by atoms with van der Waals surface area (Å²) in [6.07, 6.45) is 2.48. The summed E-state index contributed by atoms with van der Waals surface area (Å²) in [5.41, 5.74) is 0.188. The third-order valence-corrected chi connectivity index (χ3v) is 5.11. The highest BCUT2D eigenvalue weighted by Gasteiger charge is 2.60. The molecule has 5 heteroatoms. The second-order valence-corrected chi connectivity index (χ2v) is 6.73. The molecule has 0 radical (unpaired) electrons.